The van der Waals surface area contributed by atoms with Gasteiger partial charge in [0, 0.05) is 0 Å². The zero-order valence-corrected chi connectivity index (χ0v) is 8.96. The Morgan fingerprint density at radius 1 is 1.36 bits per heavy atom. The second kappa shape index (κ2) is 5.62. The third-order valence-corrected chi connectivity index (χ3v) is 2.21. The normalized spacial score (nSPS) is 14.5. The fourth-order valence-electron chi connectivity index (χ4n) is 1.11. The largest absolute Gasteiger partial charge is 0.549 e. The summed E-state index contributed by atoms with van der Waals surface area (Å²) >= 11 is 0. The molecule has 0 aliphatic rings. The Hall–Kier alpha value is -1.06. The van der Waals surface area contributed by atoms with E-state index in [1.165, 1.54) is 6.92 Å². The molecular formula is C10H17O4-. The molecule has 0 amide bonds. The lowest BCUT2D eigenvalue weighted by molar-refractivity contribution is -0.317. The van der Waals surface area contributed by atoms with Crippen molar-refractivity contribution in [3.8, 4) is 0 Å². The maximum absolute atomic E-state index is 11.4. The van der Waals surface area contributed by atoms with Gasteiger partial charge in [-0.15, -0.1) is 0 Å². The first kappa shape index (κ1) is 12.9. The Morgan fingerprint density at radius 3 is 2.29 bits per heavy atom. The molecule has 14 heavy (non-hydrogen) atoms. The van der Waals surface area contributed by atoms with Crippen LogP contribution in [0.25, 0.3) is 0 Å². The van der Waals surface area contributed by atoms with Gasteiger partial charge in [-0.1, -0.05) is 19.8 Å². The minimum absolute atomic E-state index is 0.188. The molecule has 0 aliphatic heterocycles. The Bertz CT molecular complexity index is 212. The van der Waals surface area contributed by atoms with E-state index in [0.29, 0.717) is 6.42 Å². The molecule has 0 rings (SSSR count). The first-order chi connectivity index (χ1) is 6.49. The number of ether oxygens (including phenoxy) is 1. The lowest BCUT2D eigenvalue weighted by atomic mass is 9.85. The minimum Gasteiger partial charge on any atom is -0.549 e. The average Bonchev–Trinajstić information content (AvgIpc) is 2.14. The molecule has 0 radical (unpaired) electrons. The summed E-state index contributed by atoms with van der Waals surface area (Å²) in [7, 11) is 0. The van der Waals surface area contributed by atoms with Gasteiger partial charge in [-0.05, 0) is 20.3 Å². The van der Waals surface area contributed by atoms with Gasteiger partial charge >= 0.3 is 5.97 Å². The topological polar surface area (TPSA) is 66.4 Å². The molecule has 0 aromatic carbocycles. The van der Waals surface area contributed by atoms with E-state index in [-0.39, 0.29) is 13.0 Å². The third-order valence-electron chi connectivity index (χ3n) is 2.21. The van der Waals surface area contributed by atoms with Crippen LogP contribution < -0.4 is 5.11 Å². The van der Waals surface area contributed by atoms with Gasteiger partial charge in [0.2, 0.25) is 0 Å². The summed E-state index contributed by atoms with van der Waals surface area (Å²) in [6.45, 7) is 5.12. The maximum Gasteiger partial charge on any atom is 0.317 e. The lowest BCUT2D eigenvalue weighted by Gasteiger charge is -2.27. The van der Waals surface area contributed by atoms with Gasteiger partial charge in [0.1, 0.15) is 5.41 Å². The number of carboxylic acids is 1. The van der Waals surface area contributed by atoms with Crippen LogP contribution in [0, 0.1) is 5.41 Å². The smallest absolute Gasteiger partial charge is 0.317 e. The van der Waals surface area contributed by atoms with E-state index in [9.17, 15) is 14.7 Å². The number of carbonyl (C=O) groups excluding carboxylic acids is 2. The molecule has 0 aliphatic carbocycles. The molecule has 0 saturated heterocycles. The molecule has 0 heterocycles. The van der Waals surface area contributed by atoms with Gasteiger partial charge in [-0.3, -0.25) is 4.79 Å². The Balaban J connectivity index is 4.53. The Labute approximate surface area is 84.3 Å². The molecule has 82 valence electrons. The molecule has 0 unspecified atom stereocenters. The highest BCUT2D eigenvalue weighted by Gasteiger charge is 2.35. The van der Waals surface area contributed by atoms with Gasteiger partial charge in [0.25, 0.3) is 0 Å². The fourth-order valence-corrected chi connectivity index (χ4v) is 1.11. The molecule has 4 nitrogen and oxygen atoms in total. The van der Waals surface area contributed by atoms with Crippen molar-refractivity contribution >= 4 is 11.9 Å². The first-order valence-electron chi connectivity index (χ1n) is 4.87. The quantitative estimate of drug-likeness (QED) is 0.463. The van der Waals surface area contributed by atoms with E-state index in [1.54, 1.807) is 6.92 Å². The van der Waals surface area contributed by atoms with Crippen molar-refractivity contribution in [2.45, 2.75) is 40.0 Å². The number of aliphatic carboxylic acids is 1. The van der Waals surface area contributed by atoms with Crippen molar-refractivity contribution in [1.82, 2.24) is 0 Å². The van der Waals surface area contributed by atoms with Crippen LogP contribution in [0.5, 0.6) is 0 Å². The van der Waals surface area contributed by atoms with Crippen molar-refractivity contribution in [3.63, 3.8) is 0 Å². The van der Waals surface area contributed by atoms with Crippen LogP contribution in [0.2, 0.25) is 0 Å². The summed E-state index contributed by atoms with van der Waals surface area (Å²) < 4.78 is 4.71. The molecular weight excluding hydrogens is 184 g/mol. The van der Waals surface area contributed by atoms with E-state index >= 15 is 0 Å². The van der Waals surface area contributed by atoms with E-state index in [1.807, 2.05) is 6.92 Å². The number of hydrogen-bond acceptors (Lipinski definition) is 4. The zero-order valence-electron chi connectivity index (χ0n) is 8.96. The van der Waals surface area contributed by atoms with E-state index in [4.69, 9.17) is 4.74 Å². The van der Waals surface area contributed by atoms with E-state index in [2.05, 4.69) is 0 Å². The van der Waals surface area contributed by atoms with Crippen molar-refractivity contribution in [1.29, 1.82) is 0 Å². The summed E-state index contributed by atoms with van der Waals surface area (Å²) in [5.41, 5.74) is -1.49. The SMILES string of the molecule is CCCC[C@@](C)(C(=O)[O-])C(=O)OCC. The monoisotopic (exact) mass is 201 g/mol. The standard InChI is InChI=1S/C10H18O4/c1-4-6-7-10(3,8(11)12)9(13)14-5-2/h4-7H2,1-3H3,(H,11,12)/p-1/t10-/m0/s1. The summed E-state index contributed by atoms with van der Waals surface area (Å²) in [6, 6.07) is 0. The highest BCUT2D eigenvalue weighted by atomic mass is 16.5. The molecule has 0 aromatic heterocycles. The Kier molecular flexibility index (Phi) is 5.20. The number of esters is 1. The Morgan fingerprint density at radius 2 is 1.93 bits per heavy atom. The predicted molar refractivity (Wildman–Crippen MR) is 49.3 cm³/mol. The van der Waals surface area contributed by atoms with Gasteiger partial charge in [0.15, 0.2) is 0 Å². The molecule has 4 heteroatoms. The van der Waals surface area contributed by atoms with Crippen LogP contribution in [-0.4, -0.2) is 18.5 Å². The minimum atomic E-state index is -1.49. The summed E-state index contributed by atoms with van der Waals surface area (Å²) in [5.74, 6) is -2.06. The number of carbonyl (C=O) groups is 2. The summed E-state index contributed by atoms with van der Waals surface area (Å²) in [4.78, 5) is 22.2. The predicted octanol–water partition coefficient (Wildman–Crippen LogP) is 0.496. The van der Waals surface area contributed by atoms with Crippen LogP contribution in [0.1, 0.15) is 40.0 Å². The summed E-state index contributed by atoms with van der Waals surface area (Å²) in [5, 5.41) is 10.8. The van der Waals surface area contributed by atoms with Crippen LogP contribution in [0.3, 0.4) is 0 Å². The van der Waals surface area contributed by atoms with Gasteiger partial charge in [-0.2, -0.15) is 0 Å². The highest BCUT2D eigenvalue weighted by Crippen LogP contribution is 2.25. The first-order valence-corrected chi connectivity index (χ1v) is 4.87. The van der Waals surface area contributed by atoms with Gasteiger partial charge < -0.3 is 14.6 Å². The average molecular weight is 201 g/mol. The lowest BCUT2D eigenvalue weighted by Crippen LogP contribution is -2.46. The fraction of sp³-hybridized carbons (Fsp3) is 0.800. The van der Waals surface area contributed by atoms with Crippen molar-refractivity contribution < 1.29 is 19.4 Å². The molecule has 0 N–H and O–H groups in total. The number of hydrogen-bond donors (Lipinski definition) is 0. The highest BCUT2D eigenvalue weighted by molar-refractivity contribution is 5.97. The number of unbranched alkanes of at least 4 members (excludes halogenated alkanes) is 1. The second-order valence-corrected chi connectivity index (χ2v) is 3.44. The molecule has 0 fully saturated rings. The van der Waals surface area contributed by atoms with Crippen molar-refractivity contribution in [3.05, 3.63) is 0 Å². The number of rotatable bonds is 6. The molecule has 0 aromatic rings. The van der Waals surface area contributed by atoms with Crippen LogP contribution in [-0.2, 0) is 14.3 Å². The van der Waals surface area contributed by atoms with Gasteiger partial charge in [0.05, 0.1) is 12.6 Å². The van der Waals surface area contributed by atoms with Crippen molar-refractivity contribution in [2.75, 3.05) is 6.61 Å². The van der Waals surface area contributed by atoms with Crippen molar-refractivity contribution in [2.24, 2.45) is 5.41 Å². The molecule has 0 bridgehead atoms. The maximum atomic E-state index is 11.4. The summed E-state index contributed by atoms with van der Waals surface area (Å²) in [6.07, 6.45) is 1.77. The molecule has 0 saturated carbocycles. The van der Waals surface area contributed by atoms with Gasteiger partial charge in [-0.25, -0.2) is 0 Å². The van der Waals surface area contributed by atoms with Crippen LogP contribution in [0.4, 0.5) is 0 Å². The third kappa shape index (κ3) is 3.01. The second-order valence-electron chi connectivity index (χ2n) is 3.44. The number of carboxylic acid groups (broad SMARTS) is 1. The zero-order chi connectivity index (χ0) is 11.2. The molecule has 1 atom stereocenters. The van der Waals surface area contributed by atoms with Crippen LogP contribution in [0.15, 0.2) is 0 Å². The van der Waals surface area contributed by atoms with Crippen LogP contribution >= 0.6 is 0 Å². The van der Waals surface area contributed by atoms with E-state index < -0.39 is 17.4 Å². The van der Waals surface area contributed by atoms with E-state index in [0.717, 1.165) is 6.42 Å². The molecule has 0 spiro atoms.